The minimum Gasteiger partial charge on any atom is -0.465 e. The number of rotatable bonds is 8. The van der Waals surface area contributed by atoms with Gasteiger partial charge < -0.3 is 14.8 Å². The molecule has 0 saturated carbocycles. The third-order valence-electron chi connectivity index (χ3n) is 6.54. The highest BCUT2D eigenvalue weighted by Crippen LogP contribution is 2.48. The lowest BCUT2D eigenvalue weighted by molar-refractivity contribution is -0.152. The molecule has 0 bridgehead atoms. The first kappa shape index (κ1) is 24.9. The highest BCUT2D eigenvalue weighted by atomic mass is 32.1. The van der Waals surface area contributed by atoms with E-state index < -0.39 is 23.8 Å². The number of Topliss-reactive ketones (excluding diaryl/α,β-unsaturated/α-hetero) is 1. The second-order valence-corrected chi connectivity index (χ2v) is 9.46. The predicted octanol–water partition coefficient (Wildman–Crippen LogP) is 5.24. The first-order valence-electron chi connectivity index (χ1n) is 12.2. The van der Waals surface area contributed by atoms with E-state index in [1.54, 1.807) is 13.8 Å². The van der Waals surface area contributed by atoms with E-state index >= 15 is 0 Å². The minimum atomic E-state index is -0.977. The zero-order chi connectivity index (χ0) is 24.9. The van der Waals surface area contributed by atoms with Crippen molar-refractivity contribution in [3.8, 4) is 0 Å². The maximum absolute atomic E-state index is 14.2. The molecule has 7 heteroatoms. The van der Waals surface area contributed by atoms with Crippen molar-refractivity contribution in [3.05, 3.63) is 80.8 Å². The van der Waals surface area contributed by atoms with Crippen LogP contribution >= 0.6 is 11.3 Å². The lowest BCUT2D eigenvalue weighted by atomic mass is 9.67. The number of ether oxygens (including phenoxy) is 2. The Morgan fingerprint density at radius 1 is 1.03 bits per heavy atom. The SMILES string of the molecule is CCCC1=C(C(=O)OCC)[C@@H](c2ccsc2)C2=C(C[C@H](c3ccccc3)[C@H](C(=O)OCC)C2=O)N1. The van der Waals surface area contributed by atoms with Crippen molar-refractivity contribution in [2.45, 2.75) is 51.9 Å². The van der Waals surface area contributed by atoms with Gasteiger partial charge in [0.25, 0.3) is 0 Å². The molecule has 0 saturated heterocycles. The molecule has 2 aromatic rings. The van der Waals surface area contributed by atoms with Crippen LogP contribution in [0.2, 0.25) is 0 Å². The van der Waals surface area contributed by atoms with Crippen LogP contribution in [0.25, 0.3) is 0 Å². The summed E-state index contributed by atoms with van der Waals surface area (Å²) in [6.07, 6.45) is 1.95. The number of ketones is 1. The molecule has 1 aliphatic carbocycles. The number of thiophene rings is 1. The lowest BCUT2D eigenvalue weighted by Crippen LogP contribution is -2.43. The fourth-order valence-electron chi connectivity index (χ4n) is 5.13. The van der Waals surface area contributed by atoms with Crippen molar-refractivity contribution in [1.82, 2.24) is 5.32 Å². The molecule has 1 aliphatic heterocycles. The number of hydrogen-bond donors (Lipinski definition) is 1. The molecular formula is C28H31NO5S. The number of dihydropyridines is 1. The smallest absolute Gasteiger partial charge is 0.336 e. The Hall–Kier alpha value is -3.19. The number of esters is 2. The first-order valence-corrected chi connectivity index (χ1v) is 13.1. The van der Waals surface area contributed by atoms with Gasteiger partial charge in [-0.25, -0.2) is 4.79 Å². The summed E-state index contributed by atoms with van der Waals surface area (Å²) in [5, 5.41) is 7.34. The second kappa shape index (κ2) is 11.0. The summed E-state index contributed by atoms with van der Waals surface area (Å²) in [6, 6.07) is 11.6. The zero-order valence-corrected chi connectivity index (χ0v) is 21.2. The molecule has 35 heavy (non-hydrogen) atoms. The molecule has 0 spiro atoms. The van der Waals surface area contributed by atoms with Gasteiger partial charge in [0, 0.05) is 28.8 Å². The molecule has 3 atom stereocenters. The summed E-state index contributed by atoms with van der Waals surface area (Å²) in [5.74, 6) is -3.17. The molecule has 6 nitrogen and oxygen atoms in total. The number of allylic oxidation sites excluding steroid dienone is 3. The number of hydrogen-bond acceptors (Lipinski definition) is 7. The van der Waals surface area contributed by atoms with E-state index in [-0.39, 0.29) is 24.9 Å². The molecule has 4 rings (SSSR count). The molecule has 1 aromatic carbocycles. The van der Waals surface area contributed by atoms with E-state index in [1.807, 2.05) is 47.2 Å². The topological polar surface area (TPSA) is 81.7 Å². The van der Waals surface area contributed by atoms with Crippen LogP contribution in [0.5, 0.6) is 0 Å². The van der Waals surface area contributed by atoms with Gasteiger partial charge in [0.2, 0.25) is 0 Å². The van der Waals surface area contributed by atoms with Crippen molar-refractivity contribution >= 4 is 29.1 Å². The van der Waals surface area contributed by atoms with Crippen molar-refractivity contribution in [2.24, 2.45) is 5.92 Å². The second-order valence-electron chi connectivity index (χ2n) is 8.68. The van der Waals surface area contributed by atoms with Gasteiger partial charge in [-0.1, -0.05) is 43.7 Å². The highest BCUT2D eigenvalue weighted by molar-refractivity contribution is 7.08. The third-order valence-corrected chi connectivity index (χ3v) is 7.25. The van der Waals surface area contributed by atoms with Gasteiger partial charge in [-0.05, 0) is 54.6 Å². The Bertz CT molecular complexity index is 1150. The molecule has 0 radical (unpaired) electrons. The molecule has 1 N–H and O–H groups in total. The summed E-state index contributed by atoms with van der Waals surface area (Å²) in [6.45, 7) is 5.99. The van der Waals surface area contributed by atoms with E-state index in [0.717, 1.165) is 28.9 Å². The van der Waals surface area contributed by atoms with Crippen LogP contribution in [-0.2, 0) is 23.9 Å². The molecule has 2 heterocycles. The highest BCUT2D eigenvalue weighted by Gasteiger charge is 2.49. The van der Waals surface area contributed by atoms with Crippen LogP contribution in [0.3, 0.4) is 0 Å². The quantitative estimate of drug-likeness (QED) is 0.400. The van der Waals surface area contributed by atoms with Crippen LogP contribution < -0.4 is 5.32 Å². The Balaban J connectivity index is 1.89. The van der Waals surface area contributed by atoms with Gasteiger partial charge >= 0.3 is 11.9 Å². The molecular weight excluding hydrogens is 462 g/mol. The van der Waals surface area contributed by atoms with E-state index in [2.05, 4.69) is 12.2 Å². The monoisotopic (exact) mass is 493 g/mol. The number of benzene rings is 1. The fraction of sp³-hybridized carbons (Fsp3) is 0.393. The summed E-state index contributed by atoms with van der Waals surface area (Å²) < 4.78 is 10.8. The Morgan fingerprint density at radius 2 is 1.77 bits per heavy atom. The summed E-state index contributed by atoms with van der Waals surface area (Å²) >= 11 is 1.51. The molecule has 0 amide bonds. The van der Waals surface area contributed by atoms with Crippen molar-refractivity contribution < 1.29 is 23.9 Å². The largest absolute Gasteiger partial charge is 0.465 e. The van der Waals surface area contributed by atoms with Crippen LogP contribution in [0.1, 0.15) is 63.0 Å². The summed E-state index contributed by atoms with van der Waals surface area (Å²) in [7, 11) is 0. The Kier molecular flexibility index (Phi) is 7.86. The normalized spacial score (nSPS) is 21.9. The van der Waals surface area contributed by atoms with Gasteiger partial charge in [-0.3, -0.25) is 9.59 Å². The standard InChI is InChI=1S/C28H31NO5S/c1-4-10-20-25(28(32)34-6-3)22(18-13-14-35-16-18)24-21(29-20)15-19(17-11-8-7-9-12-17)23(26(24)30)27(31)33-5-2/h7-9,11-14,16,19,22-23,29H,4-6,10,15H2,1-3H3/t19-,22+,23+/m1/s1. The van der Waals surface area contributed by atoms with Gasteiger partial charge in [0.15, 0.2) is 5.78 Å². The minimum absolute atomic E-state index is 0.191. The average molecular weight is 494 g/mol. The zero-order valence-electron chi connectivity index (χ0n) is 20.3. The van der Waals surface area contributed by atoms with Gasteiger partial charge in [0.1, 0.15) is 5.92 Å². The average Bonchev–Trinajstić information content (AvgIpc) is 3.39. The molecule has 1 aromatic heterocycles. The summed E-state index contributed by atoms with van der Waals surface area (Å²) in [5.41, 5.74) is 4.26. The Labute approximate surface area is 210 Å². The van der Waals surface area contributed by atoms with Gasteiger partial charge in [-0.2, -0.15) is 11.3 Å². The van der Waals surface area contributed by atoms with Crippen LogP contribution in [-0.4, -0.2) is 30.9 Å². The molecule has 0 fully saturated rings. The molecule has 184 valence electrons. The Morgan fingerprint density at radius 3 is 2.40 bits per heavy atom. The first-order chi connectivity index (χ1) is 17.0. The van der Waals surface area contributed by atoms with Crippen molar-refractivity contribution in [2.75, 3.05) is 13.2 Å². The van der Waals surface area contributed by atoms with Crippen molar-refractivity contribution in [1.29, 1.82) is 0 Å². The van der Waals surface area contributed by atoms with Crippen LogP contribution in [0.15, 0.2) is 69.7 Å². The maximum atomic E-state index is 14.2. The van der Waals surface area contributed by atoms with E-state index in [9.17, 15) is 14.4 Å². The predicted molar refractivity (Wildman–Crippen MR) is 135 cm³/mol. The molecule has 2 aliphatic rings. The van der Waals surface area contributed by atoms with E-state index in [4.69, 9.17) is 9.47 Å². The van der Waals surface area contributed by atoms with Gasteiger partial charge in [-0.15, -0.1) is 0 Å². The van der Waals surface area contributed by atoms with E-state index in [0.29, 0.717) is 24.0 Å². The number of carbonyl (C=O) groups is 3. The summed E-state index contributed by atoms with van der Waals surface area (Å²) in [4.78, 5) is 40.6. The van der Waals surface area contributed by atoms with Crippen LogP contribution in [0, 0.1) is 5.92 Å². The fourth-order valence-corrected chi connectivity index (χ4v) is 5.82. The number of nitrogens with one attached hydrogen (secondary N) is 1. The van der Waals surface area contributed by atoms with E-state index in [1.165, 1.54) is 11.3 Å². The number of carbonyl (C=O) groups excluding carboxylic acids is 3. The van der Waals surface area contributed by atoms with Gasteiger partial charge in [0.05, 0.1) is 18.8 Å². The van der Waals surface area contributed by atoms with Crippen LogP contribution in [0.4, 0.5) is 0 Å². The lowest BCUT2D eigenvalue weighted by Gasteiger charge is -2.39. The third kappa shape index (κ3) is 4.82. The van der Waals surface area contributed by atoms with Crippen molar-refractivity contribution in [3.63, 3.8) is 0 Å². The molecule has 0 unspecified atom stereocenters. The maximum Gasteiger partial charge on any atom is 0.336 e.